The summed E-state index contributed by atoms with van der Waals surface area (Å²) in [7, 11) is 0. The number of aliphatic hydroxyl groups is 1. The van der Waals surface area contributed by atoms with Crippen LogP contribution in [0.25, 0.3) is 0 Å². The number of hydrogen-bond donors (Lipinski definition) is 1. The molecule has 7 atom stereocenters. The van der Waals surface area contributed by atoms with Gasteiger partial charge < -0.3 is 24.5 Å². The van der Waals surface area contributed by atoms with Crippen molar-refractivity contribution in [3.8, 4) is 5.75 Å². The van der Waals surface area contributed by atoms with Crippen LogP contribution in [0, 0.1) is 29.1 Å². The predicted molar refractivity (Wildman–Crippen MR) is 191 cm³/mol. The van der Waals surface area contributed by atoms with Crippen LogP contribution >= 0.6 is 11.8 Å². The van der Waals surface area contributed by atoms with Crippen molar-refractivity contribution in [1.29, 1.82) is 0 Å². The zero-order valence-electron chi connectivity index (χ0n) is 30.0. The third-order valence-corrected chi connectivity index (χ3v) is 12.4. The Balaban J connectivity index is 1.85. The molecule has 47 heavy (non-hydrogen) atoms. The van der Waals surface area contributed by atoms with Gasteiger partial charge in [-0.3, -0.25) is 14.4 Å². The van der Waals surface area contributed by atoms with Crippen LogP contribution < -0.4 is 9.64 Å². The van der Waals surface area contributed by atoms with Crippen LogP contribution in [0.1, 0.15) is 75.2 Å². The lowest BCUT2D eigenvalue weighted by Gasteiger charge is -2.48. The second-order valence-corrected chi connectivity index (χ2v) is 17.3. The van der Waals surface area contributed by atoms with Crippen molar-refractivity contribution in [2.24, 2.45) is 29.1 Å². The number of amides is 3. The number of ether oxygens (including phenoxy) is 1. The van der Waals surface area contributed by atoms with Crippen LogP contribution in [0.3, 0.4) is 0 Å². The number of aliphatic hydroxyl groups excluding tert-OH is 1. The van der Waals surface area contributed by atoms with Crippen LogP contribution in [0.2, 0.25) is 0 Å². The summed E-state index contributed by atoms with van der Waals surface area (Å²) in [5.41, 5.74) is 0.120. The second kappa shape index (κ2) is 14.0. The summed E-state index contributed by atoms with van der Waals surface area (Å²) >= 11 is 1.67. The highest BCUT2D eigenvalue weighted by Crippen LogP contribution is 2.69. The molecule has 3 unspecified atom stereocenters. The first-order valence-electron chi connectivity index (χ1n) is 17.2. The van der Waals surface area contributed by atoms with E-state index in [1.165, 1.54) is 0 Å². The standard InChI is InChI=1S/C38H57N3O5S/c1-12-19-39(26-15-17-27(18-16-26)46-14-3)33(43)30-29-21-25(6)38(47-29)31(30)34(44)41(28(22-42)24(4)5)32(38)35(45)40(20-13-2)37(10,11)23-36(7,8)9/h12-13,15-18,24-25,28-32,42H,1-2,14,19-23H2,3-11H3/t25?,28-,29-,30+,31-,32?,38?/m0/s1. The highest BCUT2D eigenvalue weighted by atomic mass is 32.2. The maximum Gasteiger partial charge on any atom is 0.247 e. The van der Waals surface area contributed by atoms with Gasteiger partial charge in [0.1, 0.15) is 11.8 Å². The van der Waals surface area contributed by atoms with Crippen molar-refractivity contribution in [1.82, 2.24) is 9.80 Å². The van der Waals surface area contributed by atoms with Gasteiger partial charge in [-0.05, 0) is 75.1 Å². The third kappa shape index (κ3) is 6.63. The van der Waals surface area contributed by atoms with Crippen LogP contribution in [-0.2, 0) is 14.4 Å². The van der Waals surface area contributed by atoms with Gasteiger partial charge in [-0.15, -0.1) is 24.9 Å². The molecule has 9 heteroatoms. The van der Waals surface area contributed by atoms with Crippen molar-refractivity contribution in [2.45, 2.75) is 103 Å². The van der Waals surface area contributed by atoms with E-state index in [0.29, 0.717) is 18.8 Å². The van der Waals surface area contributed by atoms with Crippen molar-refractivity contribution < 1.29 is 24.2 Å². The fraction of sp³-hybridized carbons (Fsp3) is 0.658. The Morgan fingerprint density at radius 3 is 2.23 bits per heavy atom. The minimum atomic E-state index is -0.820. The first-order chi connectivity index (χ1) is 22.0. The molecule has 3 aliphatic heterocycles. The van der Waals surface area contributed by atoms with E-state index in [2.05, 4.69) is 54.7 Å². The number of anilines is 1. The molecule has 0 saturated carbocycles. The molecule has 3 fully saturated rings. The molecule has 1 aromatic rings. The monoisotopic (exact) mass is 667 g/mol. The topological polar surface area (TPSA) is 90.4 Å². The number of rotatable bonds is 14. The molecular weight excluding hydrogens is 611 g/mol. The smallest absolute Gasteiger partial charge is 0.247 e. The van der Waals surface area contributed by atoms with Crippen molar-refractivity contribution >= 4 is 35.2 Å². The predicted octanol–water partition coefficient (Wildman–Crippen LogP) is 6.19. The molecule has 260 valence electrons. The molecule has 0 aromatic heterocycles. The average Bonchev–Trinajstić information content (AvgIpc) is 3.57. The molecule has 1 N–H and O–H groups in total. The van der Waals surface area contributed by atoms with E-state index in [9.17, 15) is 14.7 Å². The van der Waals surface area contributed by atoms with Crippen molar-refractivity contribution in [3.63, 3.8) is 0 Å². The second-order valence-electron chi connectivity index (χ2n) is 15.7. The molecular formula is C38H57N3O5S. The number of nitrogens with zero attached hydrogens (tertiary/aromatic N) is 3. The van der Waals surface area contributed by atoms with Gasteiger partial charge in [-0.1, -0.05) is 53.7 Å². The fourth-order valence-corrected chi connectivity index (χ4v) is 11.2. The highest BCUT2D eigenvalue weighted by Gasteiger charge is 2.77. The van der Waals surface area contributed by atoms with Gasteiger partial charge in [0, 0.05) is 29.6 Å². The van der Waals surface area contributed by atoms with E-state index in [-0.39, 0.29) is 53.4 Å². The summed E-state index contributed by atoms with van der Waals surface area (Å²) in [6.45, 7) is 27.5. The molecule has 0 radical (unpaired) electrons. The summed E-state index contributed by atoms with van der Waals surface area (Å²) in [5.74, 6) is -1.14. The first kappa shape index (κ1) is 37.0. The average molecular weight is 668 g/mol. The lowest BCUT2D eigenvalue weighted by molar-refractivity contribution is -0.150. The van der Waals surface area contributed by atoms with Gasteiger partial charge in [-0.2, -0.15) is 0 Å². The van der Waals surface area contributed by atoms with E-state index < -0.39 is 34.2 Å². The Morgan fingerprint density at radius 1 is 1.11 bits per heavy atom. The Kier molecular flexibility index (Phi) is 11.0. The Bertz CT molecular complexity index is 1340. The van der Waals surface area contributed by atoms with Gasteiger partial charge in [0.25, 0.3) is 0 Å². The number of likely N-dealkylation sites (tertiary alicyclic amines) is 1. The molecule has 3 heterocycles. The largest absolute Gasteiger partial charge is 0.494 e. The van der Waals surface area contributed by atoms with Gasteiger partial charge in [-0.25, -0.2) is 0 Å². The number of benzene rings is 1. The minimum absolute atomic E-state index is 0.00981. The minimum Gasteiger partial charge on any atom is -0.494 e. The molecule has 1 spiro atoms. The van der Waals surface area contributed by atoms with E-state index in [4.69, 9.17) is 4.74 Å². The molecule has 8 nitrogen and oxygen atoms in total. The highest BCUT2D eigenvalue weighted by molar-refractivity contribution is 8.02. The number of fused-ring (bicyclic) bond motifs is 1. The van der Waals surface area contributed by atoms with Crippen LogP contribution in [-0.4, -0.2) is 86.6 Å². The molecule has 3 saturated heterocycles. The third-order valence-electron chi connectivity index (χ3n) is 10.3. The zero-order valence-corrected chi connectivity index (χ0v) is 30.8. The first-order valence-corrected chi connectivity index (χ1v) is 18.1. The lowest BCUT2D eigenvalue weighted by Crippen LogP contribution is -2.63. The number of thioether (sulfide) groups is 1. The lowest BCUT2D eigenvalue weighted by atomic mass is 9.65. The Morgan fingerprint density at radius 2 is 1.72 bits per heavy atom. The Hall–Kier alpha value is -2.78. The molecule has 2 bridgehead atoms. The van der Waals surface area contributed by atoms with Gasteiger partial charge in [0.2, 0.25) is 17.7 Å². The fourth-order valence-electron chi connectivity index (χ4n) is 8.82. The summed E-state index contributed by atoms with van der Waals surface area (Å²) in [6.07, 6.45) is 4.93. The zero-order chi connectivity index (χ0) is 35.1. The number of carbonyl (C=O) groups is 3. The summed E-state index contributed by atoms with van der Waals surface area (Å²) in [5, 5.41) is 10.6. The molecule has 3 aliphatic rings. The quantitative estimate of drug-likeness (QED) is 0.238. The summed E-state index contributed by atoms with van der Waals surface area (Å²) in [4.78, 5) is 50.2. The van der Waals surface area contributed by atoms with Crippen molar-refractivity contribution in [3.05, 3.63) is 49.6 Å². The van der Waals surface area contributed by atoms with Gasteiger partial charge in [0.15, 0.2) is 0 Å². The number of carbonyl (C=O) groups excluding carboxylic acids is 3. The van der Waals surface area contributed by atoms with E-state index >= 15 is 4.79 Å². The SMILES string of the molecule is C=CCN(C(=O)[C@@H]1[C@@H]2CC(C)C3(S2)C(C(=O)N(CC=C)C(C)(C)CC(C)(C)C)N([C@@H](CO)C(C)C)C(=O)[C@H]13)c1ccc(OCC)cc1. The maximum absolute atomic E-state index is 15.2. The molecule has 1 aromatic carbocycles. The normalized spacial score (nSPS) is 27.5. The van der Waals surface area contributed by atoms with Gasteiger partial charge >= 0.3 is 0 Å². The molecule has 3 amide bonds. The van der Waals surface area contributed by atoms with Crippen LogP contribution in [0.5, 0.6) is 5.75 Å². The van der Waals surface area contributed by atoms with E-state index in [1.54, 1.807) is 33.7 Å². The molecule has 0 aliphatic carbocycles. The van der Waals surface area contributed by atoms with Gasteiger partial charge in [0.05, 0.1) is 35.8 Å². The number of hydrogen-bond acceptors (Lipinski definition) is 6. The molecule has 4 rings (SSSR count). The van der Waals surface area contributed by atoms with Crippen molar-refractivity contribution in [2.75, 3.05) is 31.2 Å². The van der Waals surface area contributed by atoms with Crippen LogP contribution in [0.15, 0.2) is 49.6 Å². The van der Waals surface area contributed by atoms with E-state index in [1.807, 2.05) is 49.9 Å². The Labute approximate surface area is 287 Å². The summed E-state index contributed by atoms with van der Waals surface area (Å²) in [6, 6.07) is 6.04. The summed E-state index contributed by atoms with van der Waals surface area (Å²) < 4.78 is 4.82. The van der Waals surface area contributed by atoms with Crippen LogP contribution in [0.4, 0.5) is 5.69 Å². The maximum atomic E-state index is 15.2. The van der Waals surface area contributed by atoms with E-state index in [0.717, 1.165) is 18.6 Å².